The van der Waals surface area contributed by atoms with Crippen LogP contribution in [0.2, 0.25) is 0 Å². The molecule has 5 nitrogen and oxygen atoms in total. The molecule has 0 aromatic rings. The molecule has 1 N–H and O–H groups in total. The Kier molecular flexibility index (Phi) is 6.12. The summed E-state index contributed by atoms with van der Waals surface area (Å²) in [7, 11) is 1.65. The van der Waals surface area contributed by atoms with E-state index in [-0.39, 0.29) is 17.7 Å². The van der Waals surface area contributed by atoms with E-state index in [0.29, 0.717) is 38.6 Å². The first-order valence-corrected chi connectivity index (χ1v) is 6.59. The van der Waals surface area contributed by atoms with Crippen molar-refractivity contribution >= 4 is 11.8 Å². The normalized spacial score (nSPS) is 19.7. The largest absolute Gasteiger partial charge is 0.385 e. The molecule has 1 aliphatic rings. The summed E-state index contributed by atoms with van der Waals surface area (Å²) in [5.41, 5.74) is 0. The van der Waals surface area contributed by atoms with Gasteiger partial charge in [0.25, 0.3) is 0 Å². The first-order chi connectivity index (χ1) is 8.54. The first-order valence-electron chi connectivity index (χ1n) is 6.59. The highest BCUT2D eigenvalue weighted by Crippen LogP contribution is 2.18. The summed E-state index contributed by atoms with van der Waals surface area (Å²) < 4.78 is 4.96. The Morgan fingerprint density at radius 3 is 2.89 bits per heavy atom. The monoisotopic (exact) mass is 256 g/mol. The Morgan fingerprint density at radius 2 is 2.28 bits per heavy atom. The third-order valence-electron chi connectivity index (χ3n) is 3.05. The van der Waals surface area contributed by atoms with Gasteiger partial charge in [0.1, 0.15) is 0 Å². The Balaban J connectivity index is 2.33. The van der Waals surface area contributed by atoms with Gasteiger partial charge in [-0.1, -0.05) is 13.8 Å². The standard InChI is InChI=1S/C13H24N2O3/c1-10(2)8-14-13(17)11-7-12(16)15(9-11)5-4-6-18-3/h10-11H,4-9H2,1-3H3,(H,14,17). The summed E-state index contributed by atoms with van der Waals surface area (Å²) in [5, 5.41) is 2.89. The Bertz CT molecular complexity index is 292. The number of carbonyl (C=O) groups excluding carboxylic acids is 2. The van der Waals surface area contributed by atoms with Gasteiger partial charge in [0, 0.05) is 39.8 Å². The summed E-state index contributed by atoms with van der Waals surface area (Å²) in [4.78, 5) is 25.3. The number of amides is 2. The van der Waals surface area contributed by atoms with Crippen molar-refractivity contribution in [3.63, 3.8) is 0 Å². The van der Waals surface area contributed by atoms with Crippen LogP contribution in [-0.2, 0) is 14.3 Å². The highest BCUT2D eigenvalue weighted by Gasteiger charge is 2.33. The predicted octanol–water partition coefficient (Wildman–Crippen LogP) is 0.644. The van der Waals surface area contributed by atoms with Gasteiger partial charge in [-0.2, -0.15) is 0 Å². The number of likely N-dealkylation sites (tertiary alicyclic amines) is 1. The molecule has 0 saturated carbocycles. The second-order valence-electron chi connectivity index (χ2n) is 5.23. The maximum absolute atomic E-state index is 11.9. The summed E-state index contributed by atoms with van der Waals surface area (Å²) in [6, 6.07) is 0. The van der Waals surface area contributed by atoms with Gasteiger partial charge in [0.2, 0.25) is 11.8 Å². The van der Waals surface area contributed by atoms with Crippen LogP contribution < -0.4 is 5.32 Å². The molecule has 5 heteroatoms. The molecule has 1 fully saturated rings. The SMILES string of the molecule is COCCCN1CC(C(=O)NCC(C)C)CC1=O. The van der Waals surface area contributed by atoms with E-state index < -0.39 is 0 Å². The van der Waals surface area contributed by atoms with Crippen molar-refractivity contribution in [2.75, 3.05) is 33.4 Å². The molecular formula is C13H24N2O3. The molecule has 0 radical (unpaired) electrons. The van der Waals surface area contributed by atoms with Crippen LogP contribution in [0.4, 0.5) is 0 Å². The molecule has 1 rings (SSSR count). The zero-order valence-corrected chi connectivity index (χ0v) is 11.6. The van der Waals surface area contributed by atoms with Gasteiger partial charge in [-0.3, -0.25) is 9.59 Å². The lowest BCUT2D eigenvalue weighted by Crippen LogP contribution is -2.35. The van der Waals surface area contributed by atoms with Gasteiger partial charge in [-0.15, -0.1) is 0 Å². The minimum Gasteiger partial charge on any atom is -0.385 e. The number of nitrogens with zero attached hydrogens (tertiary/aromatic N) is 1. The topological polar surface area (TPSA) is 58.6 Å². The van der Waals surface area contributed by atoms with Gasteiger partial charge in [-0.25, -0.2) is 0 Å². The Labute approximate surface area is 109 Å². The second-order valence-corrected chi connectivity index (χ2v) is 5.23. The van der Waals surface area contributed by atoms with Crippen LogP contribution in [-0.4, -0.2) is 50.1 Å². The molecule has 18 heavy (non-hydrogen) atoms. The number of methoxy groups -OCH3 is 1. The fourth-order valence-electron chi connectivity index (χ4n) is 2.01. The van der Waals surface area contributed by atoms with E-state index in [9.17, 15) is 9.59 Å². The fourth-order valence-corrected chi connectivity index (χ4v) is 2.01. The van der Waals surface area contributed by atoms with Crippen LogP contribution in [0.1, 0.15) is 26.7 Å². The van der Waals surface area contributed by atoms with E-state index in [1.807, 2.05) is 0 Å². The number of rotatable bonds is 7. The van der Waals surface area contributed by atoms with E-state index in [0.717, 1.165) is 6.42 Å². The predicted molar refractivity (Wildman–Crippen MR) is 69.0 cm³/mol. The maximum Gasteiger partial charge on any atom is 0.225 e. The van der Waals surface area contributed by atoms with Crippen molar-refractivity contribution in [3.05, 3.63) is 0 Å². The molecule has 2 amide bonds. The zero-order chi connectivity index (χ0) is 13.5. The third-order valence-corrected chi connectivity index (χ3v) is 3.05. The lowest BCUT2D eigenvalue weighted by Gasteiger charge is -2.16. The van der Waals surface area contributed by atoms with Crippen molar-refractivity contribution in [2.45, 2.75) is 26.7 Å². The molecule has 1 aliphatic heterocycles. The molecule has 0 spiro atoms. The summed E-state index contributed by atoms with van der Waals surface area (Å²) in [6.45, 7) is 6.66. The molecule has 0 aromatic carbocycles. The zero-order valence-electron chi connectivity index (χ0n) is 11.6. The van der Waals surface area contributed by atoms with E-state index >= 15 is 0 Å². The van der Waals surface area contributed by atoms with Crippen molar-refractivity contribution < 1.29 is 14.3 Å². The van der Waals surface area contributed by atoms with Gasteiger partial charge in [0.05, 0.1) is 5.92 Å². The van der Waals surface area contributed by atoms with Gasteiger partial charge >= 0.3 is 0 Å². The first kappa shape index (κ1) is 15.0. The molecular weight excluding hydrogens is 232 g/mol. The molecule has 0 aliphatic carbocycles. The molecule has 1 atom stereocenters. The lowest BCUT2D eigenvalue weighted by molar-refractivity contribution is -0.129. The average molecular weight is 256 g/mol. The average Bonchev–Trinajstić information content (AvgIpc) is 2.68. The minimum absolute atomic E-state index is 0.00583. The third kappa shape index (κ3) is 4.64. The van der Waals surface area contributed by atoms with Crippen molar-refractivity contribution in [1.29, 1.82) is 0 Å². The molecule has 0 bridgehead atoms. The molecule has 1 saturated heterocycles. The van der Waals surface area contributed by atoms with Crippen molar-refractivity contribution in [2.24, 2.45) is 11.8 Å². The summed E-state index contributed by atoms with van der Waals surface area (Å²) in [6.07, 6.45) is 1.17. The number of ether oxygens (including phenoxy) is 1. The molecule has 104 valence electrons. The molecule has 1 unspecified atom stereocenters. The van der Waals surface area contributed by atoms with Crippen LogP contribution in [0.25, 0.3) is 0 Å². The molecule has 0 aromatic heterocycles. The van der Waals surface area contributed by atoms with Crippen LogP contribution in [0.3, 0.4) is 0 Å². The van der Waals surface area contributed by atoms with E-state index in [2.05, 4.69) is 19.2 Å². The Morgan fingerprint density at radius 1 is 1.56 bits per heavy atom. The van der Waals surface area contributed by atoms with Gasteiger partial charge in [0.15, 0.2) is 0 Å². The lowest BCUT2D eigenvalue weighted by atomic mass is 10.1. The highest BCUT2D eigenvalue weighted by molar-refractivity contribution is 5.89. The van der Waals surface area contributed by atoms with E-state index in [4.69, 9.17) is 4.74 Å². The van der Waals surface area contributed by atoms with Crippen molar-refractivity contribution in [1.82, 2.24) is 10.2 Å². The minimum atomic E-state index is -0.182. The quantitative estimate of drug-likeness (QED) is 0.680. The highest BCUT2D eigenvalue weighted by atomic mass is 16.5. The van der Waals surface area contributed by atoms with Crippen LogP contribution >= 0.6 is 0 Å². The fraction of sp³-hybridized carbons (Fsp3) is 0.846. The summed E-state index contributed by atoms with van der Waals surface area (Å²) >= 11 is 0. The van der Waals surface area contributed by atoms with Gasteiger partial charge in [-0.05, 0) is 12.3 Å². The van der Waals surface area contributed by atoms with Crippen LogP contribution in [0.5, 0.6) is 0 Å². The van der Waals surface area contributed by atoms with Crippen molar-refractivity contribution in [3.8, 4) is 0 Å². The smallest absolute Gasteiger partial charge is 0.225 e. The van der Waals surface area contributed by atoms with E-state index in [1.54, 1.807) is 12.0 Å². The maximum atomic E-state index is 11.9. The van der Waals surface area contributed by atoms with Gasteiger partial charge < -0.3 is 15.0 Å². The number of hydrogen-bond donors (Lipinski definition) is 1. The van der Waals surface area contributed by atoms with Crippen LogP contribution in [0, 0.1) is 11.8 Å². The second kappa shape index (κ2) is 7.36. The number of carbonyl (C=O) groups is 2. The number of nitrogens with one attached hydrogen (secondary N) is 1. The number of hydrogen-bond acceptors (Lipinski definition) is 3. The van der Waals surface area contributed by atoms with E-state index in [1.165, 1.54) is 0 Å². The summed E-state index contributed by atoms with van der Waals surface area (Å²) in [5.74, 6) is 0.338. The Hall–Kier alpha value is -1.10. The molecule has 1 heterocycles. The van der Waals surface area contributed by atoms with Crippen LogP contribution in [0.15, 0.2) is 0 Å².